The van der Waals surface area contributed by atoms with E-state index in [4.69, 9.17) is 0 Å². The zero-order chi connectivity index (χ0) is 20.7. The maximum absolute atomic E-state index is 12.6. The Labute approximate surface area is 157 Å². The lowest BCUT2D eigenvalue weighted by Gasteiger charge is -2.09. The molecule has 0 saturated carbocycles. The Kier molecular flexibility index (Phi) is 6.48. The highest BCUT2D eigenvalue weighted by Gasteiger charge is 2.30. The summed E-state index contributed by atoms with van der Waals surface area (Å²) in [6.45, 7) is 0. The summed E-state index contributed by atoms with van der Waals surface area (Å²) >= 11 is 0. The number of amides is 2. The van der Waals surface area contributed by atoms with E-state index in [0.29, 0.717) is 17.2 Å². The van der Waals surface area contributed by atoms with Gasteiger partial charge >= 0.3 is 24.0 Å². The maximum atomic E-state index is 12.6. The molecule has 146 valence electrons. The molecule has 0 aromatic heterocycles. The molecule has 0 unspecified atom stereocenters. The molecule has 2 N–H and O–H groups in total. The van der Waals surface area contributed by atoms with Gasteiger partial charge in [0.15, 0.2) is 0 Å². The van der Waals surface area contributed by atoms with Gasteiger partial charge in [-0.05, 0) is 35.9 Å². The molecule has 0 atom stereocenters. The van der Waals surface area contributed by atoms with Gasteiger partial charge in [0.05, 0.1) is 24.5 Å². The lowest BCUT2D eigenvalue weighted by molar-refractivity contribution is -0.137. The average molecular weight is 393 g/mol. The number of nitrogens with one attached hydrogen (secondary N) is 2. The molecular formula is C18H14F3N3O4. The summed E-state index contributed by atoms with van der Waals surface area (Å²) in [4.78, 5) is 34.7. The Balaban J connectivity index is 1.93. The van der Waals surface area contributed by atoms with Crippen molar-refractivity contribution in [3.63, 3.8) is 0 Å². The monoisotopic (exact) mass is 393 g/mol. The Hall–Kier alpha value is -3.69. The largest absolute Gasteiger partial charge is 0.465 e. The van der Waals surface area contributed by atoms with Crippen molar-refractivity contribution >= 4 is 29.7 Å². The molecular weight excluding hydrogens is 379 g/mol. The summed E-state index contributed by atoms with van der Waals surface area (Å²) in [5.41, 5.74) is 1.65. The maximum Gasteiger partial charge on any atom is 0.416 e. The van der Waals surface area contributed by atoms with E-state index in [1.165, 1.54) is 43.7 Å². The standard InChI is InChI=1S/C18H14F3N3O4/c1-28-17(27)12-7-5-11(6-8-12)10-22-24-16(26)15(25)23-14-4-2-3-13(9-14)18(19,20)21/h2-10H,1H3,(H,23,25)(H,24,26)/b22-10+. The van der Waals surface area contributed by atoms with Gasteiger partial charge in [-0.3, -0.25) is 9.59 Å². The number of halogens is 3. The normalized spacial score (nSPS) is 11.1. The van der Waals surface area contributed by atoms with Crippen molar-refractivity contribution in [2.24, 2.45) is 5.10 Å². The molecule has 28 heavy (non-hydrogen) atoms. The van der Waals surface area contributed by atoms with Gasteiger partial charge in [0.1, 0.15) is 0 Å². The van der Waals surface area contributed by atoms with Gasteiger partial charge in [-0.25, -0.2) is 10.2 Å². The van der Waals surface area contributed by atoms with Crippen LogP contribution in [0, 0.1) is 0 Å². The number of ether oxygens (including phenoxy) is 1. The van der Waals surface area contributed by atoms with E-state index >= 15 is 0 Å². The number of hydrogen-bond acceptors (Lipinski definition) is 5. The van der Waals surface area contributed by atoms with E-state index in [-0.39, 0.29) is 5.69 Å². The zero-order valence-corrected chi connectivity index (χ0v) is 14.4. The molecule has 10 heteroatoms. The number of carbonyl (C=O) groups excluding carboxylic acids is 3. The molecule has 0 spiro atoms. The van der Waals surface area contributed by atoms with Crippen LogP contribution >= 0.6 is 0 Å². The number of alkyl halides is 3. The topological polar surface area (TPSA) is 96.9 Å². The van der Waals surface area contributed by atoms with Crippen LogP contribution in [0.3, 0.4) is 0 Å². The Bertz CT molecular complexity index is 909. The molecule has 0 aliphatic carbocycles. The van der Waals surface area contributed by atoms with Crippen LogP contribution in [0.5, 0.6) is 0 Å². The second-order valence-electron chi connectivity index (χ2n) is 5.35. The predicted molar refractivity (Wildman–Crippen MR) is 93.6 cm³/mol. The minimum Gasteiger partial charge on any atom is -0.465 e. The first kappa shape index (κ1) is 20.6. The third-order valence-corrected chi connectivity index (χ3v) is 3.37. The Morgan fingerprint density at radius 1 is 1.04 bits per heavy atom. The zero-order valence-electron chi connectivity index (χ0n) is 14.4. The van der Waals surface area contributed by atoms with Crippen LogP contribution in [0.15, 0.2) is 53.6 Å². The van der Waals surface area contributed by atoms with E-state index in [2.05, 4.69) is 15.2 Å². The van der Waals surface area contributed by atoms with Crippen LogP contribution in [0.1, 0.15) is 21.5 Å². The quantitative estimate of drug-likeness (QED) is 0.361. The molecule has 0 aliphatic heterocycles. The van der Waals surface area contributed by atoms with Crippen LogP contribution in [0.2, 0.25) is 0 Å². The van der Waals surface area contributed by atoms with Crippen molar-refractivity contribution in [2.45, 2.75) is 6.18 Å². The first-order valence-electron chi connectivity index (χ1n) is 7.70. The molecule has 2 rings (SSSR count). The molecule has 0 bridgehead atoms. The minimum atomic E-state index is -4.57. The van der Waals surface area contributed by atoms with Crippen LogP contribution in [-0.4, -0.2) is 31.1 Å². The van der Waals surface area contributed by atoms with Gasteiger partial charge in [-0.15, -0.1) is 0 Å². The smallest absolute Gasteiger partial charge is 0.416 e. The average Bonchev–Trinajstić information content (AvgIpc) is 2.67. The highest BCUT2D eigenvalue weighted by atomic mass is 19.4. The summed E-state index contributed by atoms with van der Waals surface area (Å²) in [7, 11) is 1.25. The van der Waals surface area contributed by atoms with Crippen molar-refractivity contribution in [2.75, 3.05) is 12.4 Å². The number of nitrogens with zero attached hydrogens (tertiary/aromatic N) is 1. The van der Waals surface area contributed by atoms with Crippen molar-refractivity contribution in [1.82, 2.24) is 5.43 Å². The Morgan fingerprint density at radius 3 is 2.32 bits per heavy atom. The van der Waals surface area contributed by atoms with Gasteiger partial charge in [0, 0.05) is 5.69 Å². The first-order chi connectivity index (χ1) is 13.2. The van der Waals surface area contributed by atoms with Crippen molar-refractivity contribution in [3.05, 3.63) is 65.2 Å². The Morgan fingerprint density at radius 2 is 1.71 bits per heavy atom. The van der Waals surface area contributed by atoms with Crippen molar-refractivity contribution in [1.29, 1.82) is 0 Å². The summed E-state index contributed by atoms with van der Waals surface area (Å²) in [5.74, 6) is -2.86. The molecule has 0 saturated heterocycles. The van der Waals surface area contributed by atoms with Crippen LogP contribution in [0.4, 0.5) is 18.9 Å². The molecule has 7 nitrogen and oxygen atoms in total. The molecule has 0 fully saturated rings. The number of esters is 1. The van der Waals surface area contributed by atoms with Crippen LogP contribution in [0.25, 0.3) is 0 Å². The van der Waals surface area contributed by atoms with Crippen LogP contribution < -0.4 is 10.7 Å². The SMILES string of the molecule is COC(=O)c1ccc(/C=N/NC(=O)C(=O)Nc2cccc(C(F)(F)F)c2)cc1. The molecule has 2 aromatic carbocycles. The van der Waals surface area contributed by atoms with Gasteiger partial charge in [0.25, 0.3) is 0 Å². The molecule has 2 amide bonds. The number of hydrazone groups is 1. The third kappa shape index (κ3) is 5.66. The number of rotatable bonds is 4. The lowest BCUT2D eigenvalue weighted by Crippen LogP contribution is -2.32. The van der Waals surface area contributed by atoms with Crippen LogP contribution in [-0.2, 0) is 20.5 Å². The number of methoxy groups -OCH3 is 1. The molecule has 0 heterocycles. The molecule has 0 aliphatic rings. The van der Waals surface area contributed by atoms with Crippen molar-refractivity contribution in [3.8, 4) is 0 Å². The van der Waals surface area contributed by atoms with E-state index in [1.54, 1.807) is 0 Å². The highest BCUT2D eigenvalue weighted by molar-refractivity contribution is 6.39. The van der Waals surface area contributed by atoms with Crippen molar-refractivity contribution < 1.29 is 32.3 Å². The summed E-state index contributed by atoms with van der Waals surface area (Å²) in [6.07, 6.45) is -3.35. The van der Waals surface area contributed by atoms with Gasteiger partial charge in [0.2, 0.25) is 0 Å². The fourth-order valence-electron chi connectivity index (χ4n) is 2.00. The summed E-state index contributed by atoms with van der Waals surface area (Å²) < 4.78 is 42.5. The second kappa shape index (κ2) is 8.80. The highest BCUT2D eigenvalue weighted by Crippen LogP contribution is 2.30. The number of carbonyl (C=O) groups is 3. The van der Waals surface area contributed by atoms with Gasteiger partial charge in [-0.1, -0.05) is 18.2 Å². The minimum absolute atomic E-state index is 0.183. The molecule has 0 radical (unpaired) electrons. The van der Waals surface area contributed by atoms with E-state index < -0.39 is 29.5 Å². The third-order valence-electron chi connectivity index (χ3n) is 3.37. The summed E-state index contributed by atoms with van der Waals surface area (Å²) in [5, 5.41) is 5.63. The predicted octanol–water partition coefficient (Wildman–Crippen LogP) is 2.58. The fraction of sp³-hybridized carbons (Fsp3) is 0.111. The summed E-state index contributed by atoms with van der Waals surface area (Å²) in [6, 6.07) is 9.89. The fourth-order valence-corrected chi connectivity index (χ4v) is 2.00. The lowest BCUT2D eigenvalue weighted by atomic mass is 10.1. The number of hydrogen-bond donors (Lipinski definition) is 2. The first-order valence-corrected chi connectivity index (χ1v) is 7.70. The second-order valence-corrected chi connectivity index (χ2v) is 5.35. The number of benzene rings is 2. The van der Waals surface area contributed by atoms with Gasteiger partial charge < -0.3 is 10.1 Å². The van der Waals surface area contributed by atoms with E-state index in [0.717, 1.165) is 12.1 Å². The molecule has 2 aromatic rings. The number of anilines is 1. The van der Waals surface area contributed by atoms with Gasteiger partial charge in [-0.2, -0.15) is 18.3 Å². The van der Waals surface area contributed by atoms with E-state index in [9.17, 15) is 27.6 Å². The van der Waals surface area contributed by atoms with E-state index in [1.807, 2.05) is 5.43 Å².